The summed E-state index contributed by atoms with van der Waals surface area (Å²) in [4.78, 5) is 31.7. The summed E-state index contributed by atoms with van der Waals surface area (Å²) in [5.41, 5.74) is 2.60. The Balaban J connectivity index is 1.61. The Labute approximate surface area is 212 Å². The van der Waals surface area contributed by atoms with E-state index in [1.807, 2.05) is 45.0 Å². The van der Waals surface area contributed by atoms with E-state index >= 15 is 0 Å². The van der Waals surface area contributed by atoms with Gasteiger partial charge in [-0.25, -0.2) is 9.36 Å². The first-order valence-corrected chi connectivity index (χ1v) is 11.9. The fourth-order valence-electron chi connectivity index (χ4n) is 4.30. The standard InChI is InChI=1S/C28H26N4O5/c1-5-36-23-13-12-19(15-24(23)35-4)26-29-25(37-30-26)16-31-21-9-7-6-8-20(21)27(33)32(28(31)34)22-14-17(2)10-11-18(22)3/h6-15H,5,16H2,1-4H3. The molecule has 0 atom stereocenters. The minimum Gasteiger partial charge on any atom is -0.493 e. The van der Waals surface area contributed by atoms with Crippen LogP contribution >= 0.6 is 0 Å². The van der Waals surface area contributed by atoms with E-state index in [1.165, 1.54) is 9.13 Å². The summed E-state index contributed by atoms with van der Waals surface area (Å²) >= 11 is 0. The average molecular weight is 499 g/mol. The van der Waals surface area contributed by atoms with Gasteiger partial charge in [0.25, 0.3) is 5.56 Å². The molecule has 0 amide bonds. The normalized spacial score (nSPS) is 11.1. The van der Waals surface area contributed by atoms with Crippen LogP contribution in [0, 0.1) is 13.8 Å². The number of rotatable bonds is 7. The van der Waals surface area contributed by atoms with Crippen LogP contribution in [-0.4, -0.2) is 33.0 Å². The molecule has 2 heterocycles. The summed E-state index contributed by atoms with van der Waals surface area (Å²) in [5.74, 6) is 1.73. The molecule has 0 N–H and O–H groups in total. The molecule has 0 aliphatic carbocycles. The first kappa shape index (κ1) is 24.1. The van der Waals surface area contributed by atoms with E-state index in [9.17, 15) is 9.59 Å². The second kappa shape index (κ2) is 9.77. The van der Waals surface area contributed by atoms with E-state index < -0.39 is 5.69 Å². The zero-order chi connectivity index (χ0) is 26.1. The van der Waals surface area contributed by atoms with Gasteiger partial charge in [0.15, 0.2) is 11.5 Å². The molecule has 188 valence electrons. The van der Waals surface area contributed by atoms with E-state index in [4.69, 9.17) is 14.0 Å². The predicted octanol–water partition coefficient (Wildman–Crippen LogP) is 4.27. The van der Waals surface area contributed by atoms with Crippen LogP contribution in [-0.2, 0) is 6.54 Å². The average Bonchev–Trinajstić information content (AvgIpc) is 3.38. The number of aryl methyl sites for hydroxylation is 2. The molecule has 0 aliphatic heterocycles. The Morgan fingerprint density at radius 1 is 0.973 bits per heavy atom. The first-order chi connectivity index (χ1) is 17.9. The van der Waals surface area contributed by atoms with E-state index in [0.29, 0.717) is 46.1 Å². The van der Waals surface area contributed by atoms with Crippen molar-refractivity contribution in [2.75, 3.05) is 13.7 Å². The van der Waals surface area contributed by atoms with E-state index in [1.54, 1.807) is 43.5 Å². The third-order valence-corrected chi connectivity index (χ3v) is 6.14. The van der Waals surface area contributed by atoms with Gasteiger partial charge in [0.1, 0.15) is 6.54 Å². The van der Waals surface area contributed by atoms with Crippen LogP contribution in [0.4, 0.5) is 0 Å². The molecule has 0 saturated heterocycles. The Morgan fingerprint density at radius 2 is 1.78 bits per heavy atom. The van der Waals surface area contributed by atoms with Gasteiger partial charge < -0.3 is 14.0 Å². The van der Waals surface area contributed by atoms with E-state index in [0.717, 1.165) is 11.1 Å². The third-order valence-electron chi connectivity index (χ3n) is 6.14. The lowest BCUT2D eigenvalue weighted by molar-refractivity contribution is 0.311. The molecular weight excluding hydrogens is 472 g/mol. The molecule has 9 nitrogen and oxygen atoms in total. The molecule has 0 spiro atoms. The van der Waals surface area contributed by atoms with Crippen molar-refractivity contribution in [1.82, 2.24) is 19.3 Å². The predicted molar refractivity (Wildman–Crippen MR) is 140 cm³/mol. The smallest absolute Gasteiger partial charge is 0.336 e. The summed E-state index contributed by atoms with van der Waals surface area (Å²) < 4.78 is 19.2. The van der Waals surface area contributed by atoms with Crippen LogP contribution in [0.1, 0.15) is 23.9 Å². The van der Waals surface area contributed by atoms with Crippen LogP contribution in [0.5, 0.6) is 11.5 Å². The minimum absolute atomic E-state index is 0.00828. The number of hydrogen-bond acceptors (Lipinski definition) is 7. The minimum atomic E-state index is -0.486. The Hall–Kier alpha value is -4.66. The maximum Gasteiger partial charge on any atom is 0.336 e. The van der Waals surface area contributed by atoms with Crippen LogP contribution in [0.2, 0.25) is 0 Å². The van der Waals surface area contributed by atoms with Gasteiger partial charge >= 0.3 is 5.69 Å². The van der Waals surface area contributed by atoms with Crippen molar-refractivity contribution >= 4 is 10.9 Å². The Bertz CT molecular complexity index is 1730. The second-order valence-electron chi connectivity index (χ2n) is 8.63. The van der Waals surface area contributed by atoms with E-state index in [2.05, 4.69) is 10.1 Å². The number of hydrogen-bond donors (Lipinski definition) is 0. The van der Waals surface area contributed by atoms with Crippen LogP contribution in [0.15, 0.2) is 74.8 Å². The molecule has 0 bridgehead atoms. The molecule has 0 aliphatic rings. The second-order valence-corrected chi connectivity index (χ2v) is 8.63. The molecule has 5 rings (SSSR count). The molecule has 0 fully saturated rings. The van der Waals surface area contributed by atoms with Crippen LogP contribution < -0.4 is 20.7 Å². The fraction of sp³-hybridized carbons (Fsp3) is 0.214. The zero-order valence-electron chi connectivity index (χ0n) is 21.0. The van der Waals surface area contributed by atoms with Gasteiger partial charge in [0, 0.05) is 5.56 Å². The Morgan fingerprint density at radius 3 is 2.57 bits per heavy atom. The number of fused-ring (bicyclic) bond motifs is 1. The number of benzene rings is 3. The van der Waals surface area contributed by atoms with Crippen molar-refractivity contribution in [3.05, 3.63) is 98.5 Å². The van der Waals surface area contributed by atoms with Gasteiger partial charge in [-0.2, -0.15) is 4.98 Å². The fourth-order valence-corrected chi connectivity index (χ4v) is 4.30. The molecule has 0 unspecified atom stereocenters. The van der Waals surface area contributed by atoms with Crippen molar-refractivity contribution in [3.8, 4) is 28.6 Å². The number of nitrogens with zero attached hydrogens (tertiary/aromatic N) is 4. The van der Waals surface area contributed by atoms with Gasteiger partial charge in [-0.1, -0.05) is 29.4 Å². The molecule has 5 aromatic rings. The highest BCUT2D eigenvalue weighted by Crippen LogP contribution is 2.31. The van der Waals surface area contributed by atoms with Crippen LogP contribution in [0.3, 0.4) is 0 Å². The van der Waals surface area contributed by atoms with Crippen molar-refractivity contribution in [1.29, 1.82) is 0 Å². The molecule has 0 radical (unpaired) electrons. The first-order valence-electron chi connectivity index (χ1n) is 11.9. The highest BCUT2D eigenvalue weighted by Gasteiger charge is 2.19. The van der Waals surface area contributed by atoms with Gasteiger partial charge in [0.05, 0.1) is 30.3 Å². The van der Waals surface area contributed by atoms with Gasteiger partial charge in [-0.15, -0.1) is 0 Å². The largest absolute Gasteiger partial charge is 0.493 e. The molecule has 37 heavy (non-hydrogen) atoms. The van der Waals surface area contributed by atoms with Gasteiger partial charge in [-0.3, -0.25) is 9.36 Å². The third kappa shape index (κ3) is 4.40. The van der Waals surface area contributed by atoms with E-state index in [-0.39, 0.29) is 18.0 Å². The van der Waals surface area contributed by atoms with Crippen molar-refractivity contribution in [3.63, 3.8) is 0 Å². The highest BCUT2D eigenvalue weighted by molar-refractivity contribution is 5.78. The molecule has 9 heteroatoms. The quantitative estimate of drug-likeness (QED) is 0.330. The molecular formula is C28H26N4O5. The van der Waals surface area contributed by atoms with Gasteiger partial charge in [0.2, 0.25) is 11.7 Å². The lowest BCUT2D eigenvalue weighted by atomic mass is 10.1. The number of para-hydroxylation sites is 1. The summed E-state index contributed by atoms with van der Waals surface area (Å²) in [6, 6.07) is 18.0. The SMILES string of the molecule is CCOc1ccc(-c2noc(Cn3c(=O)n(-c4cc(C)ccc4C)c(=O)c4ccccc43)n2)cc1OC. The molecule has 2 aromatic heterocycles. The maximum atomic E-state index is 13.7. The number of methoxy groups -OCH3 is 1. The van der Waals surface area contributed by atoms with Crippen molar-refractivity contribution < 1.29 is 14.0 Å². The Kier molecular flexibility index (Phi) is 6.35. The summed E-state index contributed by atoms with van der Waals surface area (Å²) in [6.07, 6.45) is 0. The maximum absolute atomic E-state index is 13.7. The summed E-state index contributed by atoms with van der Waals surface area (Å²) in [7, 11) is 1.56. The highest BCUT2D eigenvalue weighted by atomic mass is 16.5. The lowest BCUT2D eigenvalue weighted by Gasteiger charge is -2.14. The monoisotopic (exact) mass is 498 g/mol. The zero-order valence-corrected chi connectivity index (χ0v) is 21.0. The van der Waals surface area contributed by atoms with Gasteiger partial charge in [-0.05, 0) is 68.3 Å². The molecule has 0 saturated carbocycles. The molecule has 3 aromatic carbocycles. The topological polar surface area (TPSA) is 101 Å². The lowest BCUT2D eigenvalue weighted by Crippen LogP contribution is -2.39. The summed E-state index contributed by atoms with van der Waals surface area (Å²) in [5, 5.41) is 4.52. The van der Waals surface area contributed by atoms with Crippen molar-refractivity contribution in [2.45, 2.75) is 27.3 Å². The van der Waals surface area contributed by atoms with Crippen molar-refractivity contribution in [2.24, 2.45) is 0 Å². The summed E-state index contributed by atoms with van der Waals surface area (Å²) in [6.45, 7) is 6.19. The number of aromatic nitrogens is 4. The number of ether oxygens (including phenoxy) is 2. The van der Waals surface area contributed by atoms with Crippen LogP contribution in [0.25, 0.3) is 28.0 Å².